The van der Waals surface area contributed by atoms with Crippen molar-refractivity contribution >= 4 is 32.0 Å². The van der Waals surface area contributed by atoms with E-state index in [1.54, 1.807) is 25.4 Å². The van der Waals surface area contributed by atoms with Crippen LogP contribution >= 0.6 is 0 Å². The largest absolute Gasteiger partial charge is 0.497 e. The average Bonchev–Trinajstić information content (AvgIpc) is 3.48. The van der Waals surface area contributed by atoms with Crippen LogP contribution in [0.2, 0.25) is 0 Å². The third-order valence-corrected chi connectivity index (χ3v) is 8.59. The van der Waals surface area contributed by atoms with Gasteiger partial charge in [0.1, 0.15) is 11.6 Å². The maximum atomic E-state index is 13.7. The predicted molar refractivity (Wildman–Crippen MR) is 151 cm³/mol. The van der Waals surface area contributed by atoms with Crippen molar-refractivity contribution in [2.75, 3.05) is 7.11 Å². The Morgan fingerprint density at radius 2 is 1.58 bits per heavy atom. The van der Waals surface area contributed by atoms with Gasteiger partial charge in [0.25, 0.3) is 10.0 Å². The number of fused-ring (bicyclic) bond motifs is 2. The van der Waals surface area contributed by atoms with E-state index in [1.807, 2.05) is 74.5 Å². The van der Waals surface area contributed by atoms with Crippen molar-refractivity contribution in [2.24, 2.45) is 0 Å². The van der Waals surface area contributed by atoms with Gasteiger partial charge in [0.15, 0.2) is 0 Å². The summed E-state index contributed by atoms with van der Waals surface area (Å²) in [6, 6.07) is 28.6. The number of para-hydroxylation sites is 1. The Bertz CT molecular complexity index is 1920. The van der Waals surface area contributed by atoms with Crippen LogP contribution < -0.4 is 4.74 Å². The first kappa shape index (κ1) is 24.0. The zero-order chi connectivity index (χ0) is 26.4. The van der Waals surface area contributed by atoms with Crippen LogP contribution in [-0.4, -0.2) is 29.1 Å². The highest BCUT2D eigenvalue weighted by Crippen LogP contribution is 2.32. The monoisotopic (exact) mass is 521 g/mol. The van der Waals surface area contributed by atoms with Crippen LogP contribution in [0.4, 0.5) is 0 Å². The maximum Gasteiger partial charge on any atom is 0.268 e. The van der Waals surface area contributed by atoms with E-state index < -0.39 is 10.0 Å². The number of imidazole rings is 1. The summed E-state index contributed by atoms with van der Waals surface area (Å²) in [6.45, 7) is 4.44. The summed E-state index contributed by atoms with van der Waals surface area (Å²) in [5, 5.41) is 0.883. The van der Waals surface area contributed by atoms with Gasteiger partial charge in [-0.05, 0) is 67.4 Å². The van der Waals surface area contributed by atoms with E-state index in [4.69, 9.17) is 9.72 Å². The number of rotatable bonds is 6. The van der Waals surface area contributed by atoms with Gasteiger partial charge in [-0.15, -0.1) is 0 Å². The number of methoxy groups -OCH3 is 1. The van der Waals surface area contributed by atoms with E-state index in [-0.39, 0.29) is 4.90 Å². The molecule has 0 spiro atoms. The van der Waals surface area contributed by atoms with Crippen LogP contribution in [0.15, 0.2) is 102 Å². The molecule has 0 saturated carbocycles. The van der Waals surface area contributed by atoms with Crippen molar-refractivity contribution in [3.05, 3.63) is 114 Å². The molecule has 2 heterocycles. The van der Waals surface area contributed by atoms with Crippen molar-refractivity contribution in [1.29, 1.82) is 0 Å². The number of aryl methyl sites for hydroxylation is 2. The molecule has 0 unspecified atom stereocenters. The molecule has 0 radical (unpaired) electrons. The molecule has 6 aromatic rings. The topological polar surface area (TPSA) is 66.1 Å². The highest BCUT2D eigenvalue weighted by atomic mass is 32.2. The zero-order valence-corrected chi connectivity index (χ0v) is 22.2. The van der Waals surface area contributed by atoms with Crippen molar-refractivity contribution < 1.29 is 13.2 Å². The van der Waals surface area contributed by atoms with Gasteiger partial charge in [-0.3, -0.25) is 0 Å². The number of hydrogen-bond donors (Lipinski definition) is 0. The second-order valence-corrected chi connectivity index (χ2v) is 11.3. The van der Waals surface area contributed by atoms with Gasteiger partial charge in [-0.1, -0.05) is 54.1 Å². The van der Waals surface area contributed by atoms with Gasteiger partial charge in [-0.2, -0.15) is 0 Å². The zero-order valence-electron chi connectivity index (χ0n) is 21.4. The minimum atomic E-state index is -3.78. The minimum absolute atomic E-state index is 0.260. The van der Waals surface area contributed by atoms with Crippen LogP contribution in [0.5, 0.6) is 5.75 Å². The van der Waals surface area contributed by atoms with Crippen LogP contribution in [0, 0.1) is 13.8 Å². The van der Waals surface area contributed by atoms with Crippen molar-refractivity contribution in [3.8, 4) is 17.1 Å². The van der Waals surface area contributed by atoms with E-state index >= 15 is 0 Å². The standard InChI is InChI=1S/C31H27N3O3S/c1-21-11-14-26(15-12-21)38(35,36)34-20-24(27-9-4-5-10-29(27)34)19-33-30-16-13-22(2)17-28(30)32-31(33)23-7-6-8-25(18-23)37-3/h4-18,20H,19H2,1-3H3. The molecule has 6 nitrogen and oxygen atoms in total. The molecule has 0 aliphatic heterocycles. The summed E-state index contributed by atoms with van der Waals surface area (Å²) < 4.78 is 36.4. The number of nitrogens with zero attached hydrogens (tertiary/aromatic N) is 3. The van der Waals surface area contributed by atoms with E-state index in [0.29, 0.717) is 12.1 Å². The van der Waals surface area contributed by atoms with E-state index in [1.165, 1.54) is 3.97 Å². The van der Waals surface area contributed by atoms with Gasteiger partial charge < -0.3 is 9.30 Å². The Balaban J connectivity index is 1.54. The number of hydrogen-bond acceptors (Lipinski definition) is 4. The molecule has 0 bridgehead atoms. The Morgan fingerprint density at radius 3 is 2.37 bits per heavy atom. The first-order valence-electron chi connectivity index (χ1n) is 12.4. The second-order valence-electron chi connectivity index (χ2n) is 9.53. The number of aromatic nitrogens is 3. The smallest absolute Gasteiger partial charge is 0.268 e. The number of benzene rings is 4. The summed E-state index contributed by atoms with van der Waals surface area (Å²) in [7, 11) is -2.14. The van der Waals surface area contributed by atoms with Crippen molar-refractivity contribution in [1.82, 2.24) is 13.5 Å². The highest BCUT2D eigenvalue weighted by molar-refractivity contribution is 7.90. The molecule has 0 N–H and O–H groups in total. The molecule has 0 amide bonds. The minimum Gasteiger partial charge on any atom is -0.497 e. The molecular formula is C31H27N3O3S. The van der Waals surface area contributed by atoms with Gasteiger partial charge in [0, 0.05) is 17.1 Å². The van der Waals surface area contributed by atoms with Crippen molar-refractivity contribution in [3.63, 3.8) is 0 Å². The highest BCUT2D eigenvalue weighted by Gasteiger charge is 2.22. The predicted octanol–water partition coefficient (Wildman–Crippen LogP) is 6.57. The Hall–Kier alpha value is -4.36. The lowest BCUT2D eigenvalue weighted by atomic mass is 10.1. The molecule has 4 aromatic carbocycles. The lowest BCUT2D eigenvalue weighted by Crippen LogP contribution is -2.12. The summed E-state index contributed by atoms with van der Waals surface area (Å²) in [4.78, 5) is 5.25. The molecule has 38 heavy (non-hydrogen) atoms. The maximum absolute atomic E-state index is 13.7. The molecule has 0 aliphatic carbocycles. The SMILES string of the molecule is COc1cccc(-c2nc3cc(C)ccc3n2Cc2cn(S(=O)(=O)c3ccc(C)cc3)c3ccccc23)c1. The Morgan fingerprint density at radius 1 is 0.816 bits per heavy atom. The van der Waals surface area contributed by atoms with Gasteiger partial charge in [-0.25, -0.2) is 17.4 Å². The third kappa shape index (κ3) is 4.05. The molecule has 2 aromatic heterocycles. The van der Waals surface area contributed by atoms with Gasteiger partial charge in [0.2, 0.25) is 0 Å². The molecule has 190 valence electrons. The van der Waals surface area contributed by atoms with Crippen LogP contribution in [0.1, 0.15) is 16.7 Å². The Kier molecular flexibility index (Phi) is 5.80. The molecule has 0 saturated heterocycles. The van der Waals surface area contributed by atoms with Gasteiger partial charge >= 0.3 is 0 Å². The second kappa shape index (κ2) is 9.19. The fraction of sp³-hybridized carbons (Fsp3) is 0.129. The van der Waals surface area contributed by atoms with Crippen molar-refractivity contribution in [2.45, 2.75) is 25.3 Å². The number of ether oxygens (including phenoxy) is 1. The van der Waals surface area contributed by atoms with E-state index in [2.05, 4.69) is 22.8 Å². The fourth-order valence-corrected chi connectivity index (χ4v) is 6.31. The van der Waals surface area contributed by atoms with Crippen LogP contribution in [-0.2, 0) is 16.6 Å². The molecular weight excluding hydrogens is 494 g/mol. The quantitative estimate of drug-likeness (QED) is 0.249. The summed E-state index contributed by atoms with van der Waals surface area (Å²) in [6.07, 6.45) is 1.75. The third-order valence-electron chi connectivity index (χ3n) is 6.90. The van der Waals surface area contributed by atoms with Crippen LogP contribution in [0.25, 0.3) is 33.3 Å². The lowest BCUT2D eigenvalue weighted by Gasteiger charge is -2.10. The van der Waals surface area contributed by atoms with Crippen LogP contribution in [0.3, 0.4) is 0 Å². The first-order valence-corrected chi connectivity index (χ1v) is 13.8. The normalized spacial score (nSPS) is 11.9. The molecule has 0 aliphatic rings. The molecule has 0 atom stereocenters. The molecule has 6 rings (SSSR count). The van der Waals surface area contributed by atoms with E-state index in [0.717, 1.165) is 50.2 Å². The fourth-order valence-electron chi connectivity index (χ4n) is 4.92. The molecule has 7 heteroatoms. The molecule has 0 fully saturated rings. The Labute approximate surface area is 221 Å². The first-order chi connectivity index (χ1) is 18.3. The summed E-state index contributed by atoms with van der Waals surface area (Å²) >= 11 is 0. The summed E-state index contributed by atoms with van der Waals surface area (Å²) in [5.41, 5.74) is 6.46. The summed E-state index contributed by atoms with van der Waals surface area (Å²) in [5.74, 6) is 1.54. The lowest BCUT2D eigenvalue weighted by molar-refractivity contribution is 0.415. The average molecular weight is 522 g/mol. The van der Waals surface area contributed by atoms with E-state index in [9.17, 15) is 8.42 Å². The van der Waals surface area contributed by atoms with Gasteiger partial charge in [0.05, 0.1) is 35.1 Å².